The average Bonchev–Trinajstić information content (AvgIpc) is 2.11. The Morgan fingerprint density at radius 2 is 1.79 bits per heavy atom. The maximum absolute atomic E-state index is 10.4. The SMILES string of the molecule is C=C(OC)/C(=C\C(=C)[N+](=O)[O-])[N+](=O)[O-]. The Morgan fingerprint density at radius 3 is 2.07 bits per heavy atom. The number of nitrogens with zero attached hydrogens (tertiary/aromatic N) is 2. The summed E-state index contributed by atoms with van der Waals surface area (Å²) < 4.78 is 4.49. The van der Waals surface area contributed by atoms with Gasteiger partial charge in [-0.05, 0) is 13.2 Å². The van der Waals surface area contributed by atoms with Gasteiger partial charge >= 0.3 is 5.70 Å². The molecule has 7 nitrogen and oxygen atoms in total. The van der Waals surface area contributed by atoms with Gasteiger partial charge in [-0.15, -0.1) is 0 Å². The van der Waals surface area contributed by atoms with Crippen LogP contribution in [-0.2, 0) is 4.74 Å². The van der Waals surface area contributed by atoms with Crippen LogP contribution in [0.4, 0.5) is 0 Å². The van der Waals surface area contributed by atoms with E-state index in [0.29, 0.717) is 6.08 Å². The lowest BCUT2D eigenvalue weighted by molar-refractivity contribution is -0.433. The van der Waals surface area contributed by atoms with Crippen molar-refractivity contribution in [2.45, 2.75) is 0 Å². The van der Waals surface area contributed by atoms with Gasteiger partial charge in [-0.3, -0.25) is 20.2 Å². The van der Waals surface area contributed by atoms with Crippen molar-refractivity contribution in [3.8, 4) is 0 Å². The van der Waals surface area contributed by atoms with Crippen LogP contribution in [0.15, 0.2) is 36.4 Å². The molecule has 0 unspecified atom stereocenters. The van der Waals surface area contributed by atoms with Crippen molar-refractivity contribution >= 4 is 0 Å². The minimum Gasteiger partial charge on any atom is -0.491 e. The van der Waals surface area contributed by atoms with Crippen molar-refractivity contribution in [2.75, 3.05) is 7.11 Å². The number of hydrogen-bond donors (Lipinski definition) is 0. The van der Waals surface area contributed by atoms with Crippen molar-refractivity contribution in [3.05, 3.63) is 56.6 Å². The van der Waals surface area contributed by atoms with Gasteiger partial charge in [0.05, 0.1) is 23.0 Å². The number of nitro groups is 2. The lowest BCUT2D eigenvalue weighted by Gasteiger charge is -1.99. The molecule has 0 N–H and O–H groups in total. The summed E-state index contributed by atoms with van der Waals surface area (Å²) in [5.74, 6) is -0.266. The molecule has 7 heteroatoms. The van der Waals surface area contributed by atoms with Crippen LogP contribution in [0.5, 0.6) is 0 Å². The van der Waals surface area contributed by atoms with E-state index in [2.05, 4.69) is 17.9 Å². The predicted molar refractivity (Wildman–Crippen MR) is 47.4 cm³/mol. The first-order valence-electron chi connectivity index (χ1n) is 3.32. The molecule has 14 heavy (non-hydrogen) atoms. The third kappa shape index (κ3) is 3.05. The van der Waals surface area contributed by atoms with E-state index in [0.717, 1.165) is 0 Å². The van der Waals surface area contributed by atoms with E-state index in [1.165, 1.54) is 7.11 Å². The summed E-state index contributed by atoms with van der Waals surface area (Å²) in [6.45, 7) is 6.23. The van der Waals surface area contributed by atoms with Crippen LogP contribution in [0.1, 0.15) is 0 Å². The van der Waals surface area contributed by atoms with Gasteiger partial charge < -0.3 is 4.74 Å². The van der Waals surface area contributed by atoms with E-state index >= 15 is 0 Å². The molecule has 0 atom stereocenters. The Labute approximate surface area is 79.3 Å². The summed E-state index contributed by atoms with van der Waals surface area (Å²) in [6.07, 6.45) is 0.686. The molecule has 0 bridgehead atoms. The molecule has 0 aliphatic heterocycles. The van der Waals surface area contributed by atoms with Crippen molar-refractivity contribution < 1.29 is 14.6 Å². The summed E-state index contributed by atoms with van der Waals surface area (Å²) in [5, 5.41) is 20.5. The lowest BCUT2D eigenvalue weighted by atomic mass is 10.3. The van der Waals surface area contributed by atoms with E-state index in [4.69, 9.17) is 0 Å². The second kappa shape index (κ2) is 4.75. The quantitative estimate of drug-likeness (QED) is 0.286. The largest absolute Gasteiger partial charge is 0.491 e. The van der Waals surface area contributed by atoms with Crippen LogP contribution < -0.4 is 0 Å². The first-order valence-corrected chi connectivity index (χ1v) is 3.32. The normalized spacial score (nSPS) is 10.5. The second-order valence-electron chi connectivity index (χ2n) is 2.16. The predicted octanol–water partition coefficient (Wildman–Crippen LogP) is 1.10. The molecule has 0 aromatic rings. The van der Waals surface area contributed by atoms with E-state index in [9.17, 15) is 20.2 Å². The molecule has 0 spiro atoms. The lowest BCUT2D eigenvalue weighted by Crippen LogP contribution is -2.05. The van der Waals surface area contributed by atoms with Crippen LogP contribution in [0.2, 0.25) is 0 Å². The van der Waals surface area contributed by atoms with Crippen molar-refractivity contribution in [3.63, 3.8) is 0 Å². The van der Waals surface area contributed by atoms with Crippen molar-refractivity contribution in [1.29, 1.82) is 0 Å². The summed E-state index contributed by atoms with van der Waals surface area (Å²) >= 11 is 0. The zero-order chi connectivity index (χ0) is 11.3. The zero-order valence-electron chi connectivity index (χ0n) is 7.43. The summed E-state index contributed by atoms with van der Waals surface area (Å²) in [4.78, 5) is 18.9. The molecule has 0 saturated carbocycles. The monoisotopic (exact) mass is 200 g/mol. The molecule has 0 amide bonds. The van der Waals surface area contributed by atoms with Gasteiger partial charge in [0.2, 0.25) is 0 Å². The summed E-state index contributed by atoms with van der Waals surface area (Å²) in [7, 11) is 1.18. The molecule has 0 aliphatic rings. The Morgan fingerprint density at radius 1 is 1.29 bits per heavy atom. The van der Waals surface area contributed by atoms with Crippen LogP contribution in [0.25, 0.3) is 0 Å². The fourth-order valence-electron chi connectivity index (χ4n) is 0.550. The number of rotatable bonds is 5. The highest BCUT2D eigenvalue weighted by molar-refractivity contribution is 5.22. The molecular weight excluding hydrogens is 192 g/mol. The minimum atomic E-state index is -0.841. The molecule has 76 valence electrons. The van der Waals surface area contributed by atoms with E-state index < -0.39 is 21.2 Å². The maximum Gasteiger partial charge on any atom is 0.317 e. The topological polar surface area (TPSA) is 95.5 Å². The van der Waals surface area contributed by atoms with Gasteiger partial charge in [-0.2, -0.15) is 0 Å². The van der Waals surface area contributed by atoms with Gasteiger partial charge in [-0.1, -0.05) is 0 Å². The standard InChI is InChI=1S/C7H8N2O5/c1-5(8(10)11)4-7(9(12)13)6(2)14-3/h4H,1-2H2,3H3/b7-4+. The number of methoxy groups -OCH3 is 1. The Hall–Kier alpha value is -2.18. The second-order valence-corrected chi connectivity index (χ2v) is 2.16. The number of hydrogen-bond acceptors (Lipinski definition) is 5. The first-order chi connectivity index (χ1) is 6.40. The molecule has 0 heterocycles. The number of allylic oxidation sites excluding steroid dienone is 1. The number of ether oxygens (including phenoxy) is 1. The highest BCUT2D eigenvalue weighted by atomic mass is 16.6. The molecule has 0 aromatic carbocycles. The third-order valence-corrected chi connectivity index (χ3v) is 1.27. The highest BCUT2D eigenvalue weighted by Gasteiger charge is 2.19. The smallest absolute Gasteiger partial charge is 0.317 e. The van der Waals surface area contributed by atoms with Gasteiger partial charge in [0, 0.05) is 0 Å². The Bertz CT molecular complexity index is 331. The zero-order valence-corrected chi connectivity index (χ0v) is 7.43. The van der Waals surface area contributed by atoms with Crippen LogP contribution >= 0.6 is 0 Å². The average molecular weight is 200 g/mol. The first kappa shape index (κ1) is 11.8. The maximum atomic E-state index is 10.4. The Balaban J connectivity index is 5.02. The van der Waals surface area contributed by atoms with Crippen molar-refractivity contribution in [2.24, 2.45) is 0 Å². The van der Waals surface area contributed by atoms with Crippen LogP contribution in [-0.4, -0.2) is 17.0 Å². The summed E-state index contributed by atoms with van der Waals surface area (Å²) in [5.41, 5.74) is -1.19. The third-order valence-electron chi connectivity index (χ3n) is 1.27. The molecule has 0 saturated heterocycles. The summed E-state index contributed by atoms with van der Waals surface area (Å²) in [6, 6.07) is 0. The van der Waals surface area contributed by atoms with Gasteiger partial charge in [0.25, 0.3) is 5.70 Å². The molecule has 0 aromatic heterocycles. The van der Waals surface area contributed by atoms with Crippen molar-refractivity contribution in [1.82, 2.24) is 0 Å². The minimum absolute atomic E-state index is 0.266. The van der Waals surface area contributed by atoms with E-state index in [1.807, 2.05) is 0 Å². The van der Waals surface area contributed by atoms with E-state index in [1.54, 1.807) is 0 Å². The van der Waals surface area contributed by atoms with E-state index in [-0.39, 0.29) is 5.76 Å². The van der Waals surface area contributed by atoms with Crippen LogP contribution in [0, 0.1) is 20.2 Å². The molecule has 0 rings (SSSR count). The van der Waals surface area contributed by atoms with Gasteiger partial charge in [-0.25, -0.2) is 0 Å². The fraction of sp³-hybridized carbons (Fsp3) is 0.143. The Kier molecular flexibility index (Phi) is 4.01. The van der Waals surface area contributed by atoms with Gasteiger partial charge in [0.15, 0.2) is 5.76 Å². The van der Waals surface area contributed by atoms with Gasteiger partial charge in [0.1, 0.15) is 0 Å². The molecule has 0 radical (unpaired) electrons. The highest BCUT2D eigenvalue weighted by Crippen LogP contribution is 2.11. The fourth-order valence-corrected chi connectivity index (χ4v) is 0.550. The molecular formula is C7H8N2O5. The molecule has 0 fully saturated rings. The van der Waals surface area contributed by atoms with Crippen LogP contribution in [0.3, 0.4) is 0 Å². The molecule has 0 aliphatic carbocycles.